The average Bonchev–Trinajstić information content (AvgIpc) is 2.35. The zero-order valence-corrected chi connectivity index (χ0v) is 12.1. The Hall–Kier alpha value is -2.22. The number of nitriles is 1. The van der Waals surface area contributed by atoms with Gasteiger partial charge in [0.1, 0.15) is 18.0 Å². The Balaban J connectivity index is 2.24. The van der Waals surface area contributed by atoms with Crippen molar-refractivity contribution in [1.82, 2.24) is 5.32 Å². The fourth-order valence-corrected chi connectivity index (χ4v) is 1.43. The number of benzene rings is 1. The summed E-state index contributed by atoms with van der Waals surface area (Å²) >= 11 is 0. The van der Waals surface area contributed by atoms with E-state index in [9.17, 15) is 4.79 Å². The lowest BCUT2D eigenvalue weighted by molar-refractivity contribution is 0.0520. The fraction of sp³-hybridized carbons (Fsp3) is 0.467. The van der Waals surface area contributed by atoms with Gasteiger partial charge < -0.3 is 14.8 Å². The van der Waals surface area contributed by atoms with Crippen molar-refractivity contribution in [2.24, 2.45) is 0 Å². The first-order valence-electron chi connectivity index (χ1n) is 6.46. The van der Waals surface area contributed by atoms with Gasteiger partial charge in [-0.1, -0.05) is 12.1 Å². The standard InChI is InChI=1S/C15H20N2O3/c1-15(2,3)20-14(18)17-10-11-19-13-6-4-12(5-7-13)8-9-16/h4-7H,8,10-11H2,1-3H3,(H,17,18). The third-order valence-corrected chi connectivity index (χ3v) is 2.25. The number of carbonyl (C=O) groups excluding carboxylic acids is 1. The number of rotatable bonds is 5. The highest BCUT2D eigenvalue weighted by Crippen LogP contribution is 2.12. The van der Waals surface area contributed by atoms with Crippen molar-refractivity contribution in [3.8, 4) is 11.8 Å². The molecule has 20 heavy (non-hydrogen) atoms. The molecule has 0 bridgehead atoms. The minimum Gasteiger partial charge on any atom is -0.492 e. The second kappa shape index (κ2) is 7.39. The minimum absolute atomic E-state index is 0.358. The van der Waals surface area contributed by atoms with Crippen LogP contribution in [-0.4, -0.2) is 24.8 Å². The molecule has 0 aliphatic carbocycles. The van der Waals surface area contributed by atoms with Gasteiger partial charge in [0, 0.05) is 0 Å². The van der Waals surface area contributed by atoms with E-state index in [1.165, 1.54) is 0 Å². The Morgan fingerprint density at radius 2 is 1.95 bits per heavy atom. The van der Waals surface area contributed by atoms with Gasteiger partial charge in [0.25, 0.3) is 0 Å². The molecule has 0 heterocycles. The third kappa shape index (κ3) is 6.64. The van der Waals surface area contributed by atoms with Gasteiger partial charge in [0.15, 0.2) is 0 Å². The number of hydrogen-bond acceptors (Lipinski definition) is 4. The molecule has 0 atom stereocenters. The Kier molecular flexibility index (Phi) is 5.85. The maximum Gasteiger partial charge on any atom is 0.407 e. The zero-order chi connectivity index (χ0) is 15.0. The monoisotopic (exact) mass is 276 g/mol. The van der Waals surface area contributed by atoms with Crippen LogP contribution in [0.2, 0.25) is 0 Å². The van der Waals surface area contributed by atoms with E-state index < -0.39 is 11.7 Å². The molecule has 0 aromatic heterocycles. The first-order chi connectivity index (χ1) is 9.40. The summed E-state index contributed by atoms with van der Waals surface area (Å²) in [5, 5.41) is 11.2. The lowest BCUT2D eigenvalue weighted by atomic mass is 10.2. The number of carbonyl (C=O) groups is 1. The molecule has 5 nitrogen and oxygen atoms in total. The van der Waals surface area contributed by atoms with Gasteiger partial charge >= 0.3 is 6.09 Å². The summed E-state index contributed by atoms with van der Waals surface area (Å²) in [4.78, 5) is 11.4. The van der Waals surface area contributed by atoms with Crippen LogP contribution in [-0.2, 0) is 11.2 Å². The largest absolute Gasteiger partial charge is 0.492 e. The van der Waals surface area contributed by atoms with Crippen LogP contribution in [0.3, 0.4) is 0 Å². The van der Waals surface area contributed by atoms with Gasteiger partial charge in [-0.25, -0.2) is 4.79 Å². The van der Waals surface area contributed by atoms with Crippen LogP contribution in [0.5, 0.6) is 5.75 Å². The van der Waals surface area contributed by atoms with Crippen molar-refractivity contribution in [1.29, 1.82) is 5.26 Å². The quantitative estimate of drug-likeness (QED) is 0.839. The van der Waals surface area contributed by atoms with Gasteiger partial charge in [-0.3, -0.25) is 0 Å². The van der Waals surface area contributed by atoms with E-state index in [1.807, 2.05) is 32.9 Å². The highest BCUT2D eigenvalue weighted by Gasteiger charge is 2.15. The highest BCUT2D eigenvalue weighted by atomic mass is 16.6. The highest BCUT2D eigenvalue weighted by molar-refractivity contribution is 5.67. The molecular formula is C15H20N2O3. The molecular weight excluding hydrogens is 256 g/mol. The van der Waals surface area contributed by atoms with E-state index >= 15 is 0 Å². The van der Waals surface area contributed by atoms with Gasteiger partial charge in [0.05, 0.1) is 19.0 Å². The molecule has 0 saturated carbocycles. The number of alkyl carbamates (subject to hydrolysis) is 1. The average molecular weight is 276 g/mol. The molecule has 1 N–H and O–H groups in total. The summed E-state index contributed by atoms with van der Waals surface area (Å²) in [6.07, 6.45) is -0.0639. The van der Waals surface area contributed by atoms with E-state index in [0.717, 1.165) is 5.56 Å². The number of hydrogen-bond donors (Lipinski definition) is 1. The molecule has 1 aromatic carbocycles. The van der Waals surface area contributed by atoms with Crippen LogP contribution in [0.4, 0.5) is 4.79 Å². The van der Waals surface area contributed by atoms with E-state index in [-0.39, 0.29) is 0 Å². The summed E-state index contributed by atoms with van der Waals surface area (Å²) in [5.41, 5.74) is 0.452. The van der Waals surface area contributed by atoms with E-state index in [1.54, 1.807) is 12.1 Å². The third-order valence-electron chi connectivity index (χ3n) is 2.25. The van der Waals surface area contributed by atoms with Crippen LogP contribution in [0.15, 0.2) is 24.3 Å². The summed E-state index contributed by atoms with van der Waals surface area (Å²) in [6, 6.07) is 9.39. The van der Waals surface area contributed by atoms with E-state index in [4.69, 9.17) is 14.7 Å². The van der Waals surface area contributed by atoms with E-state index in [2.05, 4.69) is 11.4 Å². The Morgan fingerprint density at radius 3 is 2.50 bits per heavy atom. The lowest BCUT2D eigenvalue weighted by Crippen LogP contribution is -2.34. The molecule has 0 saturated heterocycles. The molecule has 0 unspecified atom stereocenters. The molecule has 0 fully saturated rings. The van der Waals surface area contributed by atoms with Crippen LogP contribution in [0.25, 0.3) is 0 Å². The number of nitrogens with one attached hydrogen (secondary N) is 1. The molecule has 108 valence electrons. The SMILES string of the molecule is CC(C)(C)OC(=O)NCCOc1ccc(CC#N)cc1. The Bertz CT molecular complexity index is 469. The van der Waals surface area contributed by atoms with Gasteiger partial charge in [0.2, 0.25) is 0 Å². The van der Waals surface area contributed by atoms with Gasteiger partial charge in [-0.05, 0) is 38.5 Å². The number of nitrogens with zero attached hydrogens (tertiary/aromatic N) is 1. The molecule has 5 heteroatoms. The maximum absolute atomic E-state index is 11.4. The first kappa shape index (κ1) is 15.8. The smallest absolute Gasteiger partial charge is 0.407 e. The van der Waals surface area contributed by atoms with Crippen molar-refractivity contribution in [2.45, 2.75) is 32.8 Å². The van der Waals surface area contributed by atoms with Crippen LogP contribution in [0.1, 0.15) is 26.3 Å². The Morgan fingerprint density at radius 1 is 1.30 bits per heavy atom. The van der Waals surface area contributed by atoms with Crippen molar-refractivity contribution >= 4 is 6.09 Å². The van der Waals surface area contributed by atoms with Crippen molar-refractivity contribution < 1.29 is 14.3 Å². The van der Waals surface area contributed by atoms with Crippen LogP contribution in [0, 0.1) is 11.3 Å². The normalized spacial score (nSPS) is 10.5. The van der Waals surface area contributed by atoms with Gasteiger partial charge in [-0.15, -0.1) is 0 Å². The predicted molar refractivity (Wildman–Crippen MR) is 75.5 cm³/mol. The molecule has 0 aliphatic rings. The van der Waals surface area contributed by atoms with Crippen LogP contribution >= 0.6 is 0 Å². The molecule has 0 radical (unpaired) electrons. The summed E-state index contributed by atoms with van der Waals surface area (Å²) in [6.45, 7) is 6.16. The number of amides is 1. The van der Waals surface area contributed by atoms with Crippen molar-refractivity contribution in [3.63, 3.8) is 0 Å². The maximum atomic E-state index is 11.4. The van der Waals surface area contributed by atoms with Gasteiger partial charge in [-0.2, -0.15) is 5.26 Å². The van der Waals surface area contributed by atoms with Crippen molar-refractivity contribution in [3.05, 3.63) is 29.8 Å². The molecule has 0 spiro atoms. The second-order valence-electron chi connectivity index (χ2n) is 5.26. The molecule has 1 aromatic rings. The zero-order valence-electron chi connectivity index (χ0n) is 12.1. The van der Waals surface area contributed by atoms with E-state index in [0.29, 0.717) is 25.3 Å². The summed E-state index contributed by atoms with van der Waals surface area (Å²) in [7, 11) is 0. The molecule has 1 amide bonds. The summed E-state index contributed by atoms with van der Waals surface area (Å²) < 4.78 is 10.6. The number of ether oxygens (including phenoxy) is 2. The summed E-state index contributed by atoms with van der Waals surface area (Å²) in [5.74, 6) is 0.706. The van der Waals surface area contributed by atoms with Crippen LogP contribution < -0.4 is 10.1 Å². The lowest BCUT2D eigenvalue weighted by Gasteiger charge is -2.19. The molecule has 1 rings (SSSR count). The fourth-order valence-electron chi connectivity index (χ4n) is 1.43. The second-order valence-corrected chi connectivity index (χ2v) is 5.26. The minimum atomic E-state index is -0.498. The Labute approximate surface area is 119 Å². The molecule has 0 aliphatic heterocycles. The topological polar surface area (TPSA) is 71.3 Å². The predicted octanol–water partition coefficient (Wildman–Crippen LogP) is 2.66. The first-order valence-corrected chi connectivity index (χ1v) is 6.46. The van der Waals surface area contributed by atoms with Crippen molar-refractivity contribution in [2.75, 3.05) is 13.2 Å².